The number of benzene rings is 1. The molecule has 1 aliphatic heterocycles. The highest BCUT2D eigenvalue weighted by atomic mass is 33.1. The van der Waals surface area contributed by atoms with Crippen LogP contribution in [0.3, 0.4) is 0 Å². The molecule has 1 saturated heterocycles. The van der Waals surface area contributed by atoms with Crippen molar-refractivity contribution in [1.29, 1.82) is 0 Å². The first-order chi connectivity index (χ1) is 14.8. The summed E-state index contributed by atoms with van der Waals surface area (Å²) in [5, 5.41) is 18.1. The Bertz CT molecular complexity index is 877. The van der Waals surface area contributed by atoms with Crippen molar-refractivity contribution in [2.75, 3.05) is 18.8 Å². The number of rotatable bonds is 10. The molecule has 1 heterocycles. The zero-order valence-corrected chi connectivity index (χ0v) is 18.4. The molecule has 1 aliphatic carbocycles. The van der Waals surface area contributed by atoms with Gasteiger partial charge in [0.25, 0.3) is 0 Å². The molecule has 0 amide bonds. The first-order valence-electron chi connectivity index (χ1n) is 10.00. The smallest absolute Gasteiger partial charge is 0.328 e. The normalized spacial score (nSPS) is 22.8. The Kier molecular flexibility index (Phi) is 8.15. The number of hydrogen-bond acceptors (Lipinski definition) is 7. The van der Waals surface area contributed by atoms with Crippen LogP contribution >= 0.6 is 21.6 Å². The Morgan fingerprint density at radius 1 is 1.23 bits per heavy atom. The number of carboxylic acid groups (broad SMARTS) is 2. The van der Waals surface area contributed by atoms with E-state index in [2.05, 4.69) is 0 Å². The first-order valence-corrected chi connectivity index (χ1v) is 12.4. The minimum atomic E-state index is -1.09. The molecule has 0 bridgehead atoms. The van der Waals surface area contributed by atoms with Crippen LogP contribution in [0.2, 0.25) is 0 Å². The maximum atomic E-state index is 14.6. The molecule has 3 atom stereocenters. The summed E-state index contributed by atoms with van der Waals surface area (Å²) in [6.45, 7) is 0.727. The van der Waals surface area contributed by atoms with E-state index in [0.29, 0.717) is 24.1 Å². The molecule has 2 fully saturated rings. The van der Waals surface area contributed by atoms with E-state index in [1.165, 1.54) is 27.7 Å². The Morgan fingerprint density at radius 2 is 1.94 bits per heavy atom. The maximum Gasteiger partial charge on any atom is 0.328 e. The number of carboxylic acids is 2. The predicted octanol–water partition coefficient (Wildman–Crippen LogP) is 2.72. The fourth-order valence-electron chi connectivity index (χ4n) is 3.60. The lowest BCUT2D eigenvalue weighted by molar-refractivity contribution is -0.138. The molecule has 1 aromatic rings. The fourth-order valence-corrected chi connectivity index (χ4v) is 6.42. The lowest BCUT2D eigenvalue weighted by Crippen LogP contribution is -2.43. The monoisotopic (exact) mass is 468 g/mol. The summed E-state index contributed by atoms with van der Waals surface area (Å²) in [7, 11) is 2.68. The van der Waals surface area contributed by atoms with Gasteiger partial charge in [-0.25, -0.2) is 9.18 Å². The largest absolute Gasteiger partial charge is 0.480 e. The molecule has 0 aromatic heterocycles. The number of ketones is 1. The topological polar surface area (TPSA) is 121 Å². The van der Waals surface area contributed by atoms with Gasteiger partial charge in [-0.3, -0.25) is 14.5 Å². The third-order valence-corrected chi connectivity index (χ3v) is 8.27. The van der Waals surface area contributed by atoms with Crippen molar-refractivity contribution in [3.05, 3.63) is 47.3 Å². The van der Waals surface area contributed by atoms with Gasteiger partial charge in [-0.2, -0.15) is 0 Å². The average Bonchev–Trinajstić information content (AvgIpc) is 3.55. The minimum absolute atomic E-state index is 0.0207. The van der Waals surface area contributed by atoms with Gasteiger partial charge in [0.2, 0.25) is 0 Å². The molecule has 2 aliphatic rings. The van der Waals surface area contributed by atoms with E-state index in [0.717, 1.165) is 18.9 Å². The maximum absolute atomic E-state index is 14.6. The minimum Gasteiger partial charge on any atom is -0.480 e. The molecular formula is C21H25FN2O5S2. The standard InChI is InChI=1S/C21H25FN2O5S2/c22-15-4-2-1-3-14(15)19(20(27)12-5-6-12)24-8-7-17(13(10-24)9-18(25)26)31-30-11-16(23)21(28)29/h1-4,9,12,16-17,19H,5-8,10-11,23H2,(H,25,26)(H,28,29)/b13-9+/t16-,17?,19?/m0/s1. The van der Waals surface area contributed by atoms with Gasteiger partial charge in [-0.15, -0.1) is 0 Å². The van der Waals surface area contributed by atoms with Crippen molar-refractivity contribution in [3.63, 3.8) is 0 Å². The molecular weight excluding hydrogens is 443 g/mol. The fraction of sp³-hybridized carbons (Fsp3) is 0.476. The number of carbonyl (C=O) groups excluding carboxylic acids is 1. The van der Waals surface area contributed by atoms with Crippen molar-refractivity contribution in [2.24, 2.45) is 11.7 Å². The highest BCUT2D eigenvalue weighted by molar-refractivity contribution is 8.77. The van der Waals surface area contributed by atoms with E-state index in [-0.39, 0.29) is 29.2 Å². The molecule has 7 nitrogen and oxygen atoms in total. The van der Waals surface area contributed by atoms with Crippen LogP contribution < -0.4 is 5.73 Å². The van der Waals surface area contributed by atoms with Crippen LogP contribution in [0.4, 0.5) is 4.39 Å². The van der Waals surface area contributed by atoms with Gasteiger partial charge in [0.05, 0.1) is 6.04 Å². The van der Waals surface area contributed by atoms with Gasteiger partial charge in [0, 0.05) is 41.6 Å². The second-order valence-electron chi connectivity index (χ2n) is 7.73. The van der Waals surface area contributed by atoms with Gasteiger partial charge >= 0.3 is 11.9 Å². The van der Waals surface area contributed by atoms with Gasteiger partial charge < -0.3 is 15.9 Å². The number of Topliss-reactive ketones (excluding diaryl/α,β-unsaturated/α-hetero) is 1. The predicted molar refractivity (Wildman–Crippen MR) is 118 cm³/mol. The number of hydrogen-bond donors (Lipinski definition) is 3. The molecule has 168 valence electrons. The number of likely N-dealkylation sites (tertiary alicyclic amines) is 1. The molecule has 31 heavy (non-hydrogen) atoms. The van der Waals surface area contributed by atoms with Gasteiger partial charge in [0.15, 0.2) is 5.78 Å². The second kappa shape index (κ2) is 10.6. The number of carbonyl (C=O) groups is 3. The first kappa shape index (κ1) is 23.8. The summed E-state index contributed by atoms with van der Waals surface area (Å²) in [5.41, 5.74) is 6.47. The van der Waals surface area contributed by atoms with E-state index in [1.807, 2.05) is 4.90 Å². The highest BCUT2D eigenvalue weighted by Crippen LogP contribution is 2.42. The summed E-state index contributed by atoms with van der Waals surface area (Å²) in [4.78, 5) is 37.2. The van der Waals surface area contributed by atoms with Crippen LogP contribution in [0, 0.1) is 11.7 Å². The van der Waals surface area contributed by atoms with Crippen LogP contribution in [-0.4, -0.2) is 63.0 Å². The van der Waals surface area contributed by atoms with E-state index in [1.54, 1.807) is 18.2 Å². The number of piperidine rings is 1. The Hall–Kier alpha value is -1.88. The van der Waals surface area contributed by atoms with E-state index in [4.69, 9.17) is 10.8 Å². The SMILES string of the molecule is N[C@@H](CSSC1CCN(C(C(=O)C2CC2)c2ccccc2F)C/C1=C\C(=O)O)C(=O)O. The molecule has 1 aromatic carbocycles. The van der Waals surface area contributed by atoms with Crippen LogP contribution in [0.5, 0.6) is 0 Å². The quantitative estimate of drug-likeness (QED) is 0.351. The molecule has 10 heteroatoms. The lowest BCUT2D eigenvalue weighted by Gasteiger charge is -2.38. The van der Waals surface area contributed by atoms with Crippen molar-refractivity contribution < 1.29 is 29.0 Å². The lowest BCUT2D eigenvalue weighted by atomic mass is 9.93. The molecule has 1 saturated carbocycles. The summed E-state index contributed by atoms with van der Waals surface area (Å²) in [6.07, 6.45) is 3.30. The zero-order valence-electron chi connectivity index (χ0n) is 16.8. The molecule has 0 radical (unpaired) electrons. The third-order valence-electron chi connectivity index (χ3n) is 5.35. The summed E-state index contributed by atoms with van der Waals surface area (Å²) in [6, 6.07) is 4.49. The van der Waals surface area contributed by atoms with Gasteiger partial charge in [0.1, 0.15) is 11.9 Å². The van der Waals surface area contributed by atoms with Crippen molar-refractivity contribution in [3.8, 4) is 0 Å². The Balaban J connectivity index is 1.77. The van der Waals surface area contributed by atoms with Crippen molar-refractivity contribution in [2.45, 2.75) is 36.6 Å². The summed E-state index contributed by atoms with van der Waals surface area (Å²) in [5.74, 6) is -2.52. The van der Waals surface area contributed by atoms with Crippen molar-refractivity contribution in [1.82, 2.24) is 4.90 Å². The molecule has 0 spiro atoms. The zero-order chi connectivity index (χ0) is 22.5. The average molecular weight is 469 g/mol. The highest BCUT2D eigenvalue weighted by Gasteiger charge is 2.41. The van der Waals surface area contributed by atoms with E-state index >= 15 is 0 Å². The van der Waals surface area contributed by atoms with E-state index < -0.39 is 29.8 Å². The van der Waals surface area contributed by atoms with Crippen molar-refractivity contribution >= 4 is 39.3 Å². The number of nitrogens with zero attached hydrogens (tertiary/aromatic N) is 1. The molecule has 3 rings (SSSR count). The van der Waals surface area contributed by atoms with Gasteiger partial charge in [-0.1, -0.05) is 39.8 Å². The van der Waals surface area contributed by atoms with Crippen LogP contribution in [-0.2, 0) is 14.4 Å². The van der Waals surface area contributed by atoms with Crippen LogP contribution in [0.25, 0.3) is 0 Å². The Labute approximate surface area is 187 Å². The number of aliphatic carboxylic acids is 2. The van der Waals surface area contributed by atoms with Crippen LogP contribution in [0.15, 0.2) is 35.9 Å². The summed E-state index contributed by atoms with van der Waals surface area (Å²) >= 11 is 0. The van der Waals surface area contributed by atoms with Gasteiger partial charge in [-0.05, 0) is 30.9 Å². The second-order valence-corrected chi connectivity index (χ2v) is 10.3. The number of halogens is 1. The van der Waals surface area contributed by atoms with Crippen LogP contribution in [0.1, 0.15) is 30.9 Å². The molecule has 4 N–H and O–H groups in total. The number of nitrogens with two attached hydrogens (primary N) is 1. The molecule has 2 unspecified atom stereocenters. The van der Waals surface area contributed by atoms with E-state index in [9.17, 15) is 23.9 Å². The third kappa shape index (κ3) is 6.31. The Morgan fingerprint density at radius 3 is 2.55 bits per heavy atom. The summed E-state index contributed by atoms with van der Waals surface area (Å²) < 4.78 is 14.6.